The van der Waals surface area contributed by atoms with Crippen LogP contribution in [-0.2, 0) is 20.8 Å². The highest BCUT2D eigenvalue weighted by Gasteiger charge is 2.19. The number of hydrogen-bond donors (Lipinski definition) is 3. The zero-order valence-electron chi connectivity index (χ0n) is 19.4. The Bertz CT molecular complexity index is 1090. The molecule has 0 saturated heterocycles. The third-order valence-electron chi connectivity index (χ3n) is 5.77. The highest BCUT2D eigenvalue weighted by atomic mass is 16.2. The largest absolute Gasteiger partial charge is 0.354 e. The molecule has 0 radical (unpaired) electrons. The first-order valence-corrected chi connectivity index (χ1v) is 11.6. The Morgan fingerprint density at radius 3 is 2.36 bits per heavy atom. The molecule has 1 heterocycles. The molecule has 0 spiro atoms. The van der Waals surface area contributed by atoms with E-state index in [9.17, 15) is 14.4 Å². The molecular weight excluding hydrogens is 414 g/mol. The van der Waals surface area contributed by atoms with Crippen LogP contribution in [0.4, 0.5) is 0 Å². The lowest BCUT2D eigenvalue weighted by Crippen LogP contribution is -2.46. The SMILES string of the molecule is CC(=O)CCCCC[C@H](NC(C)=O)C(=O)NCCc1c(-c2ccccc2)[nH]c2ccccc12. The number of H-pyrrole nitrogens is 1. The van der Waals surface area contributed by atoms with Crippen LogP contribution >= 0.6 is 0 Å². The van der Waals surface area contributed by atoms with Crippen LogP contribution in [0, 0.1) is 0 Å². The lowest BCUT2D eigenvalue weighted by molar-refractivity contribution is -0.128. The van der Waals surface area contributed by atoms with E-state index in [-0.39, 0.29) is 17.6 Å². The first kappa shape index (κ1) is 24.2. The van der Waals surface area contributed by atoms with E-state index < -0.39 is 6.04 Å². The van der Waals surface area contributed by atoms with Crippen molar-refractivity contribution in [2.24, 2.45) is 0 Å². The lowest BCUT2D eigenvalue weighted by Gasteiger charge is -2.18. The number of para-hydroxylation sites is 1. The van der Waals surface area contributed by atoms with Gasteiger partial charge in [-0.2, -0.15) is 0 Å². The van der Waals surface area contributed by atoms with E-state index in [1.54, 1.807) is 6.92 Å². The van der Waals surface area contributed by atoms with Crippen LogP contribution in [0.1, 0.15) is 51.5 Å². The molecule has 0 aliphatic rings. The number of hydrogen-bond acceptors (Lipinski definition) is 3. The molecule has 0 unspecified atom stereocenters. The second-order valence-corrected chi connectivity index (χ2v) is 8.49. The van der Waals surface area contributed by atoms with Crippen LogP contribution in [-0.4, -0.2) is 35.2 Å². The number of amides is 2. The van der Waals surface area contributed by atoms with Crippen molar-refractivity contribution >= 4 is 28.5 Å². The van der Waals surface area contributed by atoms with Crippen molar-refractivity contribution in [3.63, 3.8) is 0 Å². The van der Waals surface area contributed by atoms with Crippen molar-refractivity contribution in [1.82, 2.24) is 15.6 Å². The van der Waals surface area contributed by atoms with Gasteiger partial charge in [0.15, 0.2) is 0 Å². The zero-order chi connectivity index (χ0) is 23.6. The molecule has 3 N–H and O–H groups in total. The molecular formula is C27H33N3O3. The predicted molar refractivity (Wildman–Crippen MR) is 132 cm³/mol. The van der Waals surface area contributed by atoms with E-state index in [0.717, 1.165) is 47.0 Å². The van der Waals surface area contributed by atoms with Crippen LogP contribution in [0.3, 0.4) is 0 Å². The molecule has 6 heteroatoms. The quantitative estimate of drug-likeness (QED) is 0.356. The summed E-state index contributed by atoms with van der Waals surface area (Å²) in [4.78, 5) is 39.0. The third kappa shape index (κ3) is 7.04. The van der Waals surface area contributed by atoms with Gasteiger partial charge in [0.05, 0.1) is 0 Å². The Balaban J connectivity index is 1.63. The monoisotopic (exact) mass is 447 g/mol. The zero-order valence-corrected chi connectivity index (χ0v) is 19.4. The Morgan fingerprint density at radius 1 is 0.909 bits per heavy atom. The molecule has 3 rings (SSSR count). The van der Waals surface area contributed by atoms with Gasteiger partial charge in [0, 0.05) is 36.5 Å². The van der Waals surface area contributed by atoms with Gasteiger partial charge in [0.1, 0.15) is 11.8 Å². The average Bonchev–Trinajstić information content (AvgIpc) is 3.17. The van der Waals surface area contributed by atoms with Crippen molar-refractivity contribution in [1.29, 1.82) is 0 Å². The van der Waals surface area contributed by atoms with Gasteiger partial charge in [-0.1, -0.05) is 61.4 Å². The van der Waals surface area contributed by atoms with Crippen LogP contribution in [0.25, 0.3) is 22.2 Å². The maximum absolute atomic E-state index is 12.8. The summed E-state index contributed by atoms with van der Waals surface area (Å²) < 4.78 is 0. The van der Waals surface area contributed by atoms with Crippen molar-refractivity contribution in [3.8, 4) is 11.3 Å². The predicted octanol–water partition coefficient (Wildman–Crippen LogP) is 4.54. The van der Waals surface area contributed by atoms with Crippen molar-refractivity contribution < 1.29 is 14.4 Å². The number of rotatable bonds is 12. The molecule has 1 atom stereocenters. The van der Waals surface area contributed by atoms with Gasteiger partial charge in [-0.05, 0) is 43.4 Å². The number of nitrogens with one attached hydrogen (secondary N) is 3. The highest BCUT2D eigenvalue weighted by Crippen LogP contribution is 2.30. The number of carbonyl (C=O) groups excluding carboxylic acids is 3. The minimum atomic E-state index is -0.559. The first-order valence-electron chi connectivity index (χ1n) is 11.6. The highest BCUT2D eigenvalue weighted by molar-refractivity contribution is 5.91. The van der Waals surface area contributed by atoms with E-state index in [1.807, 2.05) is 30.3 Å². The summed E-state index contributed by atoms with van der Waals surface area (Å²) in [5.74, 6) is -0.210. The topological polar surface area (TPSA) is 91.1 Å². The van der Waals surface area contributed by atoms with E-state index >= 15 is 0 Å². The van der Waals surface area contributed by atoms with E-state index in [1.165, 1.54) is 6.92 Å². The Hall–Kier alpha value is -3.41. The molecule has 0 aliphatic heterocycles. The summed E-state index contributed by atoms with van der Waals surface area (Å²) >= 11 is 0. The first-order chi connectivity index (χ1) is 16.0. The normalized spacial score (nSPS) is 11.8. The summed E-state index contributed by atoms with van der Waals surface area (Å²) in [6, 6.07) is 17.8. The summed E-state index contributed by atoms with van der Waals surface area (Å²) in [5, 5.41) is 6.92. The molecule has 0 bridgehead atoms. The Labute approximate surface area is 195 Å². The van der Waals surface area contributed by atoms with Gasteiger partial charge in [-0.3, -0.25) is 9.59 Å². The number of benzene rings is 2. The summed E-state index contributed by atoms with van der Waals surface area (Å²) in [7, 11) is 0. The smallest absolute Gasteiger partial charge is 0.242 e. The maximum Gasteiger partial charge on any atom is 0.242 e. The minimum absolute atomic E-state index is 0.169. The minimum Gasteiger partial charge on any atom is -0.354 e. The molecule has 0 fully saturated rings. The lowest BCUT2D eigenvalue weighted by atomic mass is 10.0. The van der Waals surface area contributed by atoms with Gasteiger partial charge in [-0.15, -0.1) is 0 Å². The second-order valence-electron chi connectivity index (χ2n) is 8.49. The fraction of sp³-hybridized carbons (Fsp3) is 0.370. The number of carbonyl (C=O) groups is 3. The summed E-state index contributed by atoms with van der Waals surface area (Å²) in [5.41, 5.74) is 4.41. The van der Waals surface area contributed by atoms with Crippen molar-refractivity contribution in [2.45, 2.75) is 58.4 Å². The number of Topliss-reactive ketones (excluding diaryl/α,β-unsaturated/α-hetero) is 1. The van der Waals surface area contributed by atoms with Crippen LogP contribution in [0.5, 0.6) is 0 Å². The van der Waals surface area contributed by atoms with Gasteiger partial charge < -0.3 is 20.4 Å². The number of aromatic amines is 1. The molecule has 174 valence electrons. The van der Waals surface area contributed by atoms with Crippen molar-refractivity contribution in [2.75, 3.05) is 6.54 Å². The summed E-state index contributed by atoms with van der Waals surface area (Å²) in [6.45, 7) is 3.49. The molecule has 2 amide bonds. The average molecular weight is 448 g/mol. The number of ketones is 1. The fourth-order valence-electron chi connectivity index (χ4n) is 4.16. The molecule has 2 aromatic carbocycles. The number of unbranched alkanes of at least 4 members (excludes halogenated alkanes) is 2. The third-order valence-corrected chi connectivity index (χ3v) is 5.77. The van der Waals surface area contributed by atoms with Crippen LogP contribution in [0.15, 0.2) is 54.6 Å². The van der Waals surface area contributed by atoms with Crippen LogP contribution in [0.2, 0.25) is 0 Å². The van der Waals surface area contributed by atoms with Gasteiger partial charge in [0.2, 0.25) is 11.8 Å². The van der Waals surface area contributed by atoms with Gasteiger partial charge in [0.25, 0.3) is 0 Å². The molecule has 0 saturated carbocycles. The standard InChI is InChI=1S/C27H33N3O3/c1-19(31)11-5-3-8-16-25(29-20(2)32)27(33)28-18-17-23-22-14-9-10-15-24(22)30-26(23)21-12-6-4-7-13-21/h4,6-7,9-10,12-15,25,30H,3,5,8,11,16-18H2,1-2H3,(H,28,33)(H,29,32)/t25-/m0/s1. The molecule has 33 heavy (non-hydrogen) atoms. The van der Waals surface area contributed by atoms with E-state index in [4.69, 9.17) is 0 Å². The number of aromatic nitrogens is 1. The summed E-state index contributed by atoms with van der Waals surface area (Å²) in [6.07, 6.45) is 4.25. The maximum atomic E-state index is 12.8. The number of fused-ring (bicyclic) bond motifs is 1. The van der Waals surface area contributed by atoms with Gasteiger partial charge >= 0.3 is 0 Å². The molecule has 3 aromatic rings. The van der Waals surface area contributed by atoms with Gasteiger partial charge in [-0.25, -0.2) is 0 Å². The molecule has 6 nitrogen and oxygen atoms in total. The molecule has 0 aliphatic carbocycles. The fourth-order valence-corrected chi connectivity index (χ4v) is 4.16. The van der Waals surface area contributed by atoms with Crippen molar-refractivity contribution in [3.05, 3.63) is 60.2 Å². The second kappa shape index (κ2) is 12.0. The van der Waals surface area contributed by atoms with E-state index in [0.29, 0.717) is 25.8 Å². The van der Waals surface area contributed by atoms with E-state index in [2.05, 4.69) is 39.9 Å². The Kier molecular flexibility index (Phi) is 8.81. The Morgan fingerprint density at radius 2 is 1.64 bits per heavy atom. The van der Waals surface area contributed by atoms with Crippen LogP contribution < -0.4 is 10.6 Å². The molecule has 1 aromatic heterocycles.